The fourth-order valence-corrected chi connectivity index (χ4v) is 5.62. The van der Waals surface area contributed by atoms with Crippen molar-refractivity contribution in [3.8, 4) is 0 Å². The molecule has 1 unspecified atom stereocenters. The zero-order chi connectivity index (χ0) is 21.1. The Kier molecular flexibility index (Phi) is 6.34. The summed E-state index contributed by atoms with van der Waals surface area (Å²) in [7, 11) is 1.39. The van der Waals surface area contributed by atoms with Gasteiger partial charge in [0.1, 0.15) is 10.8 Å². The van der Waals surface area contributed by atoms with Gasteiger partial charge in [-0.2, -0.15) is 0 Å². The lowest BCUT2D eigenvalue weighted by Gasteiger charge is -2.34. The van der Waals surface area contributed by atoms with Gasteiger partial charge < -0.3 is 15.0 Å². The number of amides is 1. The predicted molar refractivity (Wildman–Crippen MR) is 118 cm³/mol. The van der Waals surface area contributed by atoms with Gasteiger partial charge in [-0.15, -0.1) is 11.3 Å². The van der Waals surface area contributed by atoms with Crippen molar-refractivity contribution in [1.82, 2.24) is 9.88 Å². The first kappa shape index (κ1) is 20.8. The summed E-state index contributed by atoms with van der Waals surface area (Å²) in [6, 6.07) is 5.91. The zero-order valence-corrected chi connectivity index (χ0v) is 18.3. The molecule has 1 saturated heterocycles. The van der Waals surface area contributed by atoms with Crippen LogP contribution in [0.25, 0.3) is 0 Å². The number of esters is 1. The Labute approximate surface area is 181 Å². The first-order chi connectivity index (χ1) is 14.5. The molecule has 1 aliphatic heterocycles. The molecule has 7 nitrogen and oxygen atoms in total. The normalized spacial score (nSPS) is 19.3. The molecule has 2 aromatic rings. The Bertz CT molecular complexity index is 907. The highest BCUT2D eigenvalue weighted by molar-refractivity contribution is 7.17. The molecule has 2 aliphatic rings. The Morgan fingerprint density at radius 1 is 1.27 bits per heavy atom. The molecular weight excluding hydrogens is 400 g/mol. The molecule has 0 spiro atoms. The molecule has 0 aromatic carbocycles. The Hall–Kier alpha value is -2.45. The molecule has 0 bridgehead atoms. The van der Waals surface area contributed by atoms with Crippen LogP contribution in [0.15, 0.2) is 24.4 Å². The van der Waals surface area contributed by atoms with Crippen molar-refractivity contribution in [3.63, 3.8) is 0 Å². The van der Waals surface area contributed by atoms with Gasteiger partial charge in [0.05, 0.1) is 19.2 Å². The number of nitrogens with one attached hydrogen (secondary N) is 1. The number of carbonyl (C=O) groups is 2. The summed E-state index contributed by atoms with van der Waals surface area (Å²) >= 11 is 1.53. The van der Waals surface area contributed by atoms with Gasteiger partial charge in [-0.05, 0) is 42.9 Å². The Morgan fingerprint density at radius 2 is 2.07 bits per heavy atom. The van der Waals surface area contributed by atoms with E-state index >= 15 is 0 Å². The third-order valence-electron chi connectivity index (χ3n) is 5.87. The van der Waals surface area contributed by atoms with Crippen LogP contribution in [0.4, 0.5) is 10.8 Å². The van der Waals surface area contributed by atoms with Crippen molar-refractivity contribution < 1.29 is 14.3 Å². The van der Waals surface area contributed by atoms with Crippen LogP contribution in [0, 0.1) is 5.92 Å². The van der Waals surface area contributed by atoms with Gasteiger partial charge in [0, 0.05) is 37.3 Å². The maximum atomic E-state index is 12.7. The van der Waals surface area contributed by atoms with Crippen molar-refractivity contribution in [3.05, 3.63) is 40.4 Å². The number of methoxy groups -OCH3 is 1. The molecule has 1 atom stereocenters. The average Bonchev–Trinajstić information content (AvgIpc) is 3.10. The number of carbonyl (C=O) groups excluding carboxylic acids is 2. The number of thiophene rings is 1. The second-order valence-electron chi connectivity index (χ2n) is 8.05. The summed E-state index contributed by atoms with van der Waals surface area (Å²) in [5.74, 6) is 1.13. The van der Waals surface area contributed by atoms with E-state index in [9.17, 15) is 9.59 Å². The van der Waals surface area contributed by atoms with Gasteiger partial charge in [0.2, 0.25) is 5.91 Å². The first-order valence-corrected chi connectivity index (χ1v) is 11.3. The number of piperazine rings is 1. The standard InChI is InChI=1S/C22H28N4O3S/c1-15-6-7-16-17(13-15)30-21(20(16)22(28)29-2)24-19(27)14-25-9-11-26(12-10-25)18-5-3-4-8-23-18/h3-5,8,15H,6-7,9-14H2,1-2H3,(H,24,27). The van der Waals surface area contributed by atoms with Crippen LogP contribution in [-0.4, -0.2) is 61.6 Å². The fraction of sp³-hybridized carbons (Fsp3) is 0.500. The maximum Gasteiger partial charge on any atom is 0.341 e. The number of pyridine rings is 1. The largest absolute Gasteiger partial charge is 0.465 e. The molecule has 160 valence electrons. The predicted octanol–water partition coefficient (Wildman–Crippen LogP) is 2.82. The van der Waals surface area contributed by atoms with Crippen molar-refractivity contribution in [2.75, 3.05) is 50.1 Å². The van der Waals surface area contributed by atoms with E-state index in [1.54, 1.807) is 6.20 Å². The van der Waals surface area contributed by atoms with Gasteiger partial charge in [0.25, 0.3) is 0 Å². The minimum absolute atomic E-state index is 0.0851. The van der Waals surface area contributed by atoms with Gasteiger partial charge in [0.15, 0.2) is 0 Å². The number of hydrogen-bond donors (Lipinski definition) is 1. The van der Waals surface area contributed by atoms with Crippen LogP contribution in [0.5, 0.6) is 0 Å². The SMILES string of the molecule is COC(=O)c1c(NC(=O)CN2CCN(c3ccccn3)CC2)sc2c1CCC(C)C2. The van der Waals surface area contributed by atoms with Crippen molar-refractivity contribution in [2.45, 2.75) is 26.2 Å². The molecule has 30 heavy (non-hydrogen) atoms. The first-order valence-electron chi connectivity index (χ1n) is 10.5. The van der Waals surface area contributed by atoms with E-state index in [1.165, 1.54) is 23.3 Å². The second-order valence-corrected chi connectivity index (χ2v) is 9.15. The highest BCUT2D eigenvalue weighted by Gasteiger charge is 2.29. The second kappa shape index (κ2) is 9.14. The van der Waals surface area contributed by atoms with Crippen molar-refractivity contribution in [2.24, 2.45) is 5.92 Å². The molecule has 1 N–H and O–H groups in total. The minimum atomic E-state index is -0.360. The Morgan fingerprint density at radius 3 is 2.77 bits per heavy atom. The fourth-order valence-electron chi connectivity index (χ4n) is 4.20. The summed E-state index contributed by atoms with van der Waals surface area (Å²) in [6.07, 6.45) is 4.68. The third kappa shape index (κ3) is 4.49. The summed E-state index contributed by atoms with van der Waals surface area (Å²) in [5, 5.41) is 3.64. The molecule has 4 rings (SSSR count). The smallest absolute Gasteiger partial charge is 0.341 e. The third-order valence-corrected chi connectivity index (χ3v) is 7.04. The Balaban J connectivity index is 1.38. The summed E-state index contributed by atoms with van der Waals surface area (Å²) in [4.78, 5) is 35.1. The maximum absolute atomic E-state index is 12.7. The number of ether oxygens (including phenoxy) is 1. The van der Waals surface area contributed by atoms with Crippen molar-refractivity contribution in [1.29, 1.82) is 0 Å². The number of rotatable bonds is 5. The van der Waals surface area contributed by atoms with E-state index in [1.807, 2.05) is 18.2 Å². The number of hydrogen-bond acceptors (Lipinski definition) is 7. The van der Waals surface area contributed by atoms with E-state index in [0.717, 1.165) is 56.8 Å². The van der Waals surface area contributed by atoms with Crippen LogP contribution >= 0.6 is 11.3 Å². The number of nitrogens with zero attached hydrogens (tertiary/aromatic N) is 3. The molecule has 3 heterocycles. The van der Waals surface area contributed by atoms with Crippen LogP contribution in [0.2, 0.25) is 0 Å². The highest BCUT2D eigenvalue weighted by Crippen LogP contribution is 2.40. The van der Waals surface area contributed by atoms with E-state index in [2.05, 4.69) is 27.0 Å². The topological polar surface area (TPSA) is 74.8 Å². The van der Waals surface area contributed by atoms with Gasteiger partial charge in [-0.1, -0.05) is 13.0 Å². The number of fused-ring (bicyclic) bond motifs is 1. The summed E-state index contributed by atoms with van der Waals surface area (Å²) in [5.41, 5.74) is 1.61. The minimum Gasteiger partial charge on any atom is -0.465 e. The molecule has 1 fully saturated rings. The lowest BCUT2D eigenvalue weighted by atomic mass is 9.88. The molecule has 2 aromatic heterocycles. The molecule has 8 heteroatoms. The quantitative estimate of drug-likeness (QED) is 0.738. The van der Waals surface area contributed by atoms with Gasteiger partial charge in [-0.3, -0.25) is 9.69 Å². The number of aromatic nitrogens is 1. The molecule has 1 aliphatic carbocycles. The number of anilines is 2. The van der Waals surface area contributed by atoms with E-state index in [4.69, 9.17) is 4.74 Å². The monoisotopic (exact) mass is 428 g/mol. The molecular formula is C22H28N4O3S. The molecule has 0 saturated carbocycles. The molecule has 1 amide bonds. The lowest BCUT2D eigenvalue weighted by Crippen LogP contribution is -2.48. The summed E-state index contributed by atoms with van der Waals surface area (Å²) in [6.45, 7) is 5.81. The average molecular weight is 429 g/mol. The van der Waals surface area contributed by atoms with Crippen LogP contribution < -0.4 is 10.2 Å². The van der Waals surface area contributed by atoms with Crippen LogP contribution in [0.1, 0.15) is 34.1 Å². The van der Waals surface area contributed by atoms with E-state index in [0.29, 0.717) is 23.0 Å². The molecule has 0 radical (unpaired) electrons. The zero-order valence-electron chi connectivity index (χ0n) is 17.5. The highest BCUT2D eigenvalue weighted by atomic mass is 32.1. The van der Waals surface area contributed by atoms with Crippen molar-refractivity contribution >= 4 is 34.0 Å². The van der Waals surface area contributed by atoms with Gasteiger partial charge >= 0.3 is 5.97 Å². The van der Waals surface area contributed by atoms with Crippen LogP contribution in [-0.2, 0) is 22.4 Å². The van der Waals surface area contributed by atoms with Crippen LogP contribution in [0.3, 0.4) is 0 Å². The summed E-state index contributed by atoms with van der Waals surface area (Å²) < 4.78 is 5.01. The lowest BCUT2D eigenvalue weighted by molar-refractivity contribution is -0.117. The van der Waals surface area contributed by atoms with E-state index < -0.39 is 0 Å². The van der Waals surface area contributed by atoms with E-state index in [-0.39, 0.29) is 11.9 Å². The van der Waals surface area contributed by atoms with Gasteiger partial charge in [-0.25, -0.2) is 9.78 Å².